The van der Waals surface area contributed by atoms with Crippen molar-refractivity contribution in [2.24, 2.45) is 0 Å². The SMILES string of the molecule is CCCCCC(=O)[O][Sn]([O]C(=O)CCCCC)([O]C(=O)CCCCC)[O]C(=O)CCCCC. The van der Waals surface area contributed by atoms with Crippen LogP contribution in [0.1, 0.15) is 130 Å². The van der Waals surface area contributed by atoms with Gasteiger partial charge in [0.2, 0.25) is 0 Å². The molecule has 0 aromatic heterocycles. The Bertz CT molecular complexity index is 477. The number of hydrogen-bond donors (Lipinski definition) is 0. The third-order valence-electron chi connectivity index (χ3n) is 4.89. The first-order chi connectivity index (χ1) is 15.8. The van der Waals surface area contributed by atoms with Gasteiger partial charge in [-0.05, 0) is 0 Å². The fourth-order valence-electron chi connectivity index (χ4n) is 2.96. The van der Waals surface area contributed by atoms with Gasteiger partial charge in [-0.15, -0.1) is 0 Å². The van der Waals surface area contributed by atoms with Gasteiger partial charge in [0, 0.05) is 0 Å². The van der Waals surface area contributed by atoms with E-state index in [4.69, 9.17) is 12.3 Å². The second-order valence-electron chi connectivity index (χ2n) is 8.22. The molecule has 0 aliphatic heterocycles. The summed E-state index contributed by atoms with van der Waals surface area (Å²) in [5.74, 6) is -2.71. The van der Waals surface area contributed by atoms with E-state index in [0.29, 0.717) is 25.7 Å². The molecule has 0 unspecified atom stereocenters. The molecule has 0 saturated carbocycles. The van der Waals surface area contributed by atoms with E-state index in [1.165, 1.54) is 0 Å². The van der Waals surface area contributed by atoms with Crippen molar-refractivity contribution in [2.75, 3.05) is 0 Å². The number of unbranched alkanes of at least 4 members (excludes halogenated alkanes) is 8. The van der Waals surface area contributed by atoms with Crippen LogP contribution in [0.3, 0.4) is 0 Å². The van der Waals surface area contributed by atoms with Crippen molar-refractivity contribution < 1.29 is 31.5 Å². The van der Waals surface area contributed by atoms with Crippen LogP contribution in [0, 0.1) is 0 Å². The van der Waals surface area contributed by atoms with Gasteiger partial charge < -0.3 is 0 Å². The van der Waals surface area contributed by atoms with Crippen molar-refractivity contribution in [3.05, 3.63) is 0 Å². The molecule has 33 heavy (non-hydrogen) atoms. The van der Waals surface area contributed by atoms with E-state index in [9.17, 15) is 19.2 Å². The van der Waals surface area contributed by atoms with E-state index >= 15 is 0 Å². The summed E-state index contributed by atoms with van der Waals surface area (Å²) < 4.78 is 21.8. The predicted octanol–water partition coefficient (Wildman–Crippen LogP) is 5.92. The summed E-state index contributed by atoms with van der Waals surface area (Å²) in [7, 11) is 0. The number of hydrogen-bond acceptors (Lipinski definition) is 8. The topological polar surface area (TPSA) is 105 Å². The van der Waals surface area contributed by atoms with Crippen LogP contribution in [0.25, 0.3) is 0 Å². The predicted molar refractivity (Wildman–Crippen MR) is 127 cm³/mol. The summed E-state index contributed by atoms with van der Waals surface area (Å²) in [4.78, 5) is 50.1. The third kappa shape index (κ3) is 16.9. The van der Waals surface area contributed by atoms with Crippen LogP contribution < -0.4 is 0 Å². The minimum absolute atomic E-state index is 0.0701. The van der Waals surface area contributed by atoms with Crippen LogP contribution in [-0.2, 0) is 31.5 Å². The first-order valence-electron chi connectivity index (χ1n) is 12.7. The van der Waals surface area contributed by atoms with Gasteiger partial charge in [-0.2, -0.15) is 0 Å². The van der Waals surface area contributed by atoms with Crippen molar-refractivity contribution in [3.8, 4) is 0 Å². The molecule has 0 N–H and O–H groups in total. The molecule has 192 valence electrons. The van der Waals surface area contributed by atoms with Gasteiger partial charge >= 0.3 is 206 Å². The maximum atomic E-state index is 12.5. The number of rotatable bonds is 20. The molecule has 0 fully saturated rings. The molecule has 0 aromatic carbocycles. The molecule has 8 nitrogen and oxygen atoms in total. The first-order valence-corrected chi connectivity index (χ1v) is 17.4. The molecule has 0 saturated heterocycles. The van der Waals surface area contributed by atoms with Crippen molar-refractivity contribution in [1.29, 1.82) is 0 Å². The van der Waals surface area contributed by atoms with Crippen LogP contribution in [-0.4, -0.2) is 43.9 Å². The summed E-state index contributed by atoms with van der Waals surface area (Å²) in [5.41, 5.74) is 0. The fourth-order valence-corrected chi connectivity index (χ4v) is 8.03. The van der Waals surface area contributed by atoms with E-state index < -0.39 is 43.9 Å². The maximum absolute atomic E-state index is 12.5. The summed E-state index contributed by atoms with van der Waals surface area (Å²) in [6.07, 6.45) is 9.52. The zero-order valence-electron chi connectivity index (χ0n) is 21.1. The van der Waals surface area contributed by atoms with E-state index in [0.717, 1.165) is 51.4 Å². The number of carbonyl (C=O) groups is 4. The zero-order chi connectivity index (χ0) is 25.0. The van der Waals surface area contributed by atoms with Crippen LogP contribution in [0.4, 0.5) is 0 Å². The Morgan fingerprint density at radius 1 is 0.424 bits per heavy atom. The summed E-state index contributed by atoms with van der Waals surface area (Å²) >= 11 is -5.64. The Hall–Kier alpha value is -1.32. The Labute approximate surface area is 205 Å². The van der Waals surface area contributed by atoms with Crippen LogP contribution >= 0.6 is 0 Å². The van der Waals surface area contributed by atoms with Crippen LogP contribution in [0.5, 0.6) is 0 Å². The van der Waals surface area contributed by atoms with Crippen molar-refractivity contribution in [2.45, 2.75) is 130 Å². The van der Waals surface area contributed by atoms with Crippen molar-refractivity contribution in [3.63, 3.8) is 0 Å². The van der Waals surface area contributed by atoms with E-state index in [-0.39, 0.29) is 25.7 Å². The fraction of sp³-hybridized carbons (Fsp3) is 0.833. The number of carbonyl (C=O) groups excluding carboxylic acids is 4. The average molecular weight is 579 g/mol. The zero-order valence-corrected chi connectivity index (χ0v) is 23.9. The first kappa shape index (κ1) is 31.7. The molecule has 0 bridgehead atoms. The summed E-state index contributed by atoms with van der Waals surface area (Å²) in [5, 5.41) is 0. The monoisotopic (exact) mass is 580 g/mol. The van der Waals surface area contributed by atoms with Gasteiger partial charge in [0.1, 0.15) is 0 Å². The molecule has 0 radical (unpaired) electrons. The van der Waals surface area contributed by atoms with Gasteiger partial charge in [-0.3, -0.25) is 0 Å². The molecule has 0 spiro atoms. The molecular weight excluding hydrogens is 535 g/mol. The van der Waals surface area contributed by atoms with Gasteiger partial charge in [0.25, 0.3) is 0 Å². The Kier molecular flexibility index (Phi) is 19.3. The summed E-state index contributed by atoms with van der Waals surface area (Å²) in [6.45, 7) is 8.01. The average Bonchev–Trinajstić information content (AvgIpc) is 2.74. The quantitative estimate of drug-likeness (QED) is 0.129. The van der Waals surface area contributed by atoms with E-state index in [1.54, 1.807) is 0 Å². The molecule has 0 heterocycles. The molecule has 0 rings (SSSR count). The molecule has 0 amide bonds. The second kappa shape index (κ2) is 20.1. The van der Waals surface area contributed by atoms with Crippen molar-refractivity contribution in [1.82, 2.24) is 0 Å². The normalized spacial score (nSPS) is 11.0. The van der Waals surface area contributed by atoms with Gasteiger partial charge in [0.05, 0.1) is 0 Å². The van der Waals surface area contributed by atoms with Gasteiger partial charge in [0.15, 0.2) is 0 Å². The Morgan fingerprint density at radius 2 is 0.636 bits per heavy atom. The molecule has 0 aromatic rings. The Balaban J connectivity index is 5.60. The van der Waals surface area contributed by atoms with E-state index in [2.05, 4.69) is 0 Å². The molecular formula is C24H44O8Sn. The van der Waals surface area contributed by atoms with Crippen LogP contribution in [0.15, 0.2) is 0 Å². The third-order valence-corrected chi connectivity index (χ3v) is 10.3. The molecule has 0 aliphatic rings. The molecule has 9 heteroatoms. The van der Waals surface area contributed by atoms with Crippen LogP contribution in [0.2, 0.25) is 0 Å². The Morgan fingerprint density at radius 3 is 0.818 bits per heavy atom. The summed E-state index contributed by atoms with van der Waals surface area (Å²) in [6, 6.07) is 0. The van der Waals surface area contributed by atoms with Gasteiger partial charge in [-0.1, -0.05) is 0 Å². The molecule has 0 aliphatic carbocycles. The van der Waals surface area contributed by atoms with Gasteiger partial charge in [-0.25, -0.2) is 0 Å². The van der Waals surface area contributed by atoms with E-state index in [1.807, 2.05) is 27.7 Å². The standard InChI is InChI=1S/4C6H12O2.Sn/c4*1-2-3-4-5-6(7)8;/h4*2-5H2,1H3,(H,7,8);/q;;;;+4/p-4. The second-order valence-corrected chi connectivity index (χ2v) is 13.4. The minimum atomic E-state index is -5.64. The molecule has 0 atom stereocenters. The van der Waals surface area contributed by atoms with Crippen molar-refractivity contribution >= 4 is 43.9 Å².